The standard InChI is InChI=1S/C12H19N5S/c1-9-15-16-11(17(9)2)18-7-5-10-4-3-6-12(10,14)8-13/h10H,3-7,14H2,1-2H3. The first-order valence-electron chi connectivity index (χ1n) is 6.26. The average Bonchev–Trinajstić information content (AvgIpc) is 2.88. The van der Waals surface area contributed by atoms with E-state index in [2.05, 4.69) is 16.3 Å². The molecule has 1 heterocycles. The highest BCUT2D eigenvalue weighted by Crippen LogP contribution is 2.36. The molecule has 1 aliphatic rings. The van der Waals surface area contributed by atoms with Crippen molar-refractivity contribution in [3.05, 3.63) is 5.82 Å². The summed E-state index contributed by atoms with van der Waals surface area (Å²) in [7, 11) is 1.97. The minimum atomic E-state index is -0.601. The Morgan fingerprint density at radius 2 is 2.39 bits per heavy atom. The molecule has 6 heteroatoms. The molecule has 18 heavy (non-hydrogen) atoms. The van der Waals surface area contributed by atoms with Crippen molar-refractivity contribution in [1.82, 2.24) is 14.8 Å². The van der Waals surface area contributed by atoms with Crippen molar-refractivity contribution in [2.24, 2.45) is 18.7 Å². The van der Waals surface area contributed by atoms with Crippen LogP contribution >= 0.6 is 11.8 Å². The van der Waals surface area contributed by atoms with Crippen LogP contribution in [0.3, 0.4) is 0 Å². The highest BCUT2D eigenvalue weighted by Gasteiger charge is 2.39. The number of hydrogen-bond acceptors (Lipinski definition) is 5. The van der Waals surface area contributed by atoms with Crippen LogP contribution < -0.4 is 5.73 Å². The van der Waals surface area contributed by atoms with E-state index < -0.39 is 5.54 Å². The zero-order chi connectivity index (χ0) is 13.2. The highest BCUT2D eigenvalue weighted by atomic mass is 32.2. The molecule has 0 spiro atoms. The predicted octanol–water partition coefficient (Wildman–Crippen LogP) is 1.63. The summed E-state index contributed by atoms with van der Waals surface area (Å²) in [4.78, 5) is 0. The van der Waals surface area contributed by atoms with E-state index in [0.29, 0.717) is 5.92 Å². The predicted molar refractivity (Wildman–Crippen MR) is 71.0 cm³/mol. The summed E-state index contributed by atoms with van der Waals surface area (Å²) in [5.41, 5.74) is 5.51. The molecule has 0 aromatic carbocycles. The topological polar surface area (TPSA) is 80.5 Å². The van der Waals surface area contributed by atoms with Crippen molar-refractivity contribution >= 4 is 11.8 Å². The van der Waals surface area contributed by atoms with Crippen molar-refractivity contribution < 1.29 is 0 Å². The minimum Gasteiger partial charge on any atom is -0.313 e. The normalized spacial score (nSPS) is 27.3. The highest BCUT2D eigenvalue weighted by molar-refractivity contribution is 7.99. The van der Waals surface area contributed by atoms with Gasteiger partial charge in [-0.3, -0.25) is 0 Å². The fraction of sp³-hybridized carbons (Fsp3) is 0.750. The van der Waals surface area contributed by atoms with Gasteiger partial charge in [-0.25, -0.2) is 0 Å². The summed E-state index contributed by atoms with van der Waals surface area (Å²) in [6.07, 6.45) is 3.95. The van der Waals surface area contributed by atoms with Crippen molar-refractivity contribution in [2.45, 2.75) is 43.3 Å². The molecule has 5 nitrogen and oxygen atoms in total. The molecule has 98 valence electrons. The van der Waals surface area contributed by atoms with Crippen LogP contribution in [-0.4, -0.2) is 26.1 Å². The molecule has 1 aromatic heterocycles. The van der Waals surface area contributed by atoms with Gasteiger partial charge in [-0.05, 0) is 32.1 Å². The molecular weight excluding hydrogens is 246 g/mol. The number of rotatable bonds is 4. The smallest absolute Gasteiger partial charge is 0.190 e. The molecule has 0 saturated heterocycles. The van der Waals surface area contributed by atoms with Crippen LogP contribution in [0.25, 0.3) is 0 Å². The summed E-state index contributed by atoms with van der Waals surface area (Å²) in [5.74, 6) is 2.19. The van der Waals surface area contributed by atoms with Crippen LogP contribution in [-0.2, 0) is 7.05 Å². The summed E-state index contributed by atoms with van der Waals surface area (Å²) in [5, 5.41) is 18.2. The number of nitrogens with zero attached hydrogens (tertiary/aromatic N) is 4. The van der Waals surface area contributed by atoms with Gasteiger partial charge in [0.05, 0.1) is 6.07 Å². The number of nitrogens with two attached hydrogens (primary N) is 1. The molecule has 1 aliphatic carbocycles. The van der Waals surface area contributed by atoms with E-state index in [1.807, 2.05) is 18.5 Å². The molecule has 0 aliphatic heterocycles. The molecule has 1 fully saturated rings. The largest absolute Gasteiger partial charge is 0.313 e. The monoisotopic (exact) mass is 265 g/mol. The Morgan fingerprint density at radius 3 is 3.00 bits per heavy atom. The van der Waals surface area contributed by atoms with Gasteiger partial charge >= 0.3 is 0 Å². The molecule has 2 unspecified atom stereocenters. The third kappa shape index (κ3) is 2.52. The maximum absolute atomic E-state index is 9.15. The van der Waals surface area contributed by atoms with Crippen molar-refractivity contribution in [2.75, 3.05) is 5.75 Å². The van der Waals surface area contributed by atoms with Crippen LogP contribution in [0.4, 0.5) is 0 Å². The Labute approximate surface area is 112 Å². The summed E-state index contributed by atoms with van der Waals surface area (Å²) in [6.45, 7) is 1.94. The van der Waals surface area contributed by atoms with Crippen LogP contribution in [0.2, 0.25) is 0 Å². The van der Waals surface area contributed by atoms with Gasteiger partial charge in [0.25, 0.3) is 0 Å². The van der Waals surface area contributed by atoms with Gasteiger partial charge in [0.1, 0.15) is 11.4 Å². The molecule has 1 saturated carbocycles. The fourth-order valence-electron chi connectivity index (χ4n) is 2.46. The SMILES string of the molecule is Cc1nnc(SCCC2CCCC2(N)C#N)n1C. The van der Waals surface area contributed by atoms with Gasteiger partial charge in [-0.15, -0.1) is 10.2 Å². The minimum absolute atomic E-state index is 0.323. The quantitative estimate of drug-likeness (QED) is 0.837. The Balaban J connectivity index is 1.86. The van der Waals surface area contributed by atoms with E-state index in [1.54, 1.807) is 11.8 Å². The van der Waals surface area contributed by atoms with E-state index in [-0.39, 0.29) is 0 Å². The lowest BCUT2D eigenvalue weighted by Gasteiger charge is -2.23. The lowest BCUT2D eigenvalue weighted by atomic mass is 9.88. The van der Waals surface area contributed by atoms with Gasteiger partial charge in [0.2, 0.25) is 0 Å². The second-order valence-corrected chi connectivity index (χ2v) is 6.03. The number of aromatic nitrogens is 3. The Morgan fingerprint density at radius 1 is 1.61 bits per heavy atom. The summed E-state index contributed by atoms with van der Waals surface area (Å²) in [6, 6.07) is 2.29. The van der Waals surface area contributed by atoms with E-state index in [1.165, 1.54) is 0 Å². The molecule has 2 N–H and O–H groups in total. The van der Waals surface area contributed by atoms with Gasteiger partial charge in [0.15, 0.2) is 5.16 Å². The maximum atomic E-state index is 9.15. The maximum Gasteiger partial charge on any atom is 0.190 e. The average molecular weight is 265 g/mol. The molecular formula is C12H19N5S. The summed E-state index contributed by atoms with van der Waals surface area (Å²) < 4.78 is 1.99. The first-order valence-corrected chi connectivity index (χ1v) is 7.24. The van der Waals surface area contributed by atoms with Crippen LogP contribution in [0.5, 0.6) is 0 Å². The van der Waals surface area contributed by atoms with Crippen LogP contribution in [0, 0.1) is 24.2 Å². The van der Waals surface area contributed by atoms with Crippen molar-refractivity contribution in [3.8, 4) is 6.07 Å². The number of nitriles is 1. The number of thioether (sulfide) groups is 1. The first kappa shape index (κ1) is 13.4. The number of aryl methyl sites for hydroxylation is 1. The second-order valence-electron chi connectivity index (χ2n) is 4.97. The molecule has 0 bridgehead atoms. The van der Waals surface area contributed by atoms with E-state index >= 15 is 0 Å². The number of hydrogen-bond donors (Lipinski definition) is 1. The Kier molecular flexibility index (Phi) is 3.93. The van der Waals surface area contributed by atoms with Gasteiger partial charge in [0, 0.05) is 12.8 Å². The lowest BCUT2D eigenvalue weighted by Crippen LogP contribution is -2.41. The van der Waals surface area contributed by atoms with E-state index in [4.69, 9.17) is 11.0 Å². The zero-order valence-corrected chi connectivity index (χ0v) is 11.7. The van der Waals surface area contributed by atoms with E-state index in [0.717, 1.165) is 42.4 Å². The second kappa shape index (κ2) is 5.29. The Hall–Kier alpha value is -1.06. The molecule has 2 rings (SSSR count). The first-order chi connectivity index (χ1) is 8.57. The lowest BCUT2D eigenvalue weighted by molar-refractivity contribution is 0.389. The zero-order valence-electron chi connectivity index (χ0n) is 10.9. The van der Waals surface area contributed by atoms with Gasteiger partial charge in [-0.2, -0.15) is 5.26 Å². The summed E-state index contributed by atoms with van der Waals surface area (Å²) >= 11 is 1.69. The Bertz CT molecular complexity index is 464. The van der Waals surface area contributed by atoms with E-state index in [9.17, 15) is 0 Å². The van der Waals surface area contributed by atoms with Crippen molar-refractivity contribution in [3.63, 3.8) is 0 Å². The van der Waals surface area contributed by atoms with Crippen LogP contribution in [0.15, 0.2) is 5.16 Å². The molecule has 1 aromatic rings. The molecule has 2 atom stereocenters. The molecule has 0 amide bonds. The van der Waals surface area contributed by atoms with Crippen LogP contribution in [0.1, 0.15) is 31.5 Å². The van der Waals surface area contributed by atoms with Gasteiger partial charge < -0.3 is 10.3 Å². The van der Waals surface area contributed by atoms with Crippen molar-refractivity contribution in [1.29, 1.82) is 5.26 Å². The molecule has 0 radical (unpaired) electrons. The third-order valence-electron chi connectivity index (χ3n) is 3.83. The van der Waals surface area contributed by atoms with Gasteiger partial charge in [-0.1, -0.05) is 18.2 Å². The third-order valence-corrected chi connectivity index (χ3v) is 4.88. The fourth-order valence-corrected chi connectivity index (χ4v) is 3.47.